The third kappa shape index (κ3) is 1.94. The number of allylic oxidation sites excluding steroid dienone is 1. The quantitative estimate of drug-likeness (QED) is 0.596. The molecule has 0 aromatic carbocycles. The van der Waals surface area contributed by atoms with E-state index < -0.39 is 0 Å². The van der Waals surface area contributed by atoms with Crippen LogP contribution in [-0.2, 0) is 6.54 Å². The first-order chi connectivity index (χ1) is 4.43. The Bertz CT molecular complexity index is 177. The van der Waals surface area contributed by atoms with Gasteiger partial charge in [0.2, 0.25) is 0 Å². The van der Waals surface area contributed by atoms with Crippen LogP contribution in [0.4, 0.5) is 0 Å². The van der Waals surface area contributed by atoms with Gasteiger partial charge in [-0.3, -0.25) is 0 Å². The molecule has 0 unspecified atom stereocenters. The maximum absolute atomic E-state index is 5.32. The van der Waals surface area contributed by atoms with Gasteiger partial charge >= 0.3 is 0 Å². The van der Waals surface area contributed by atoms with Gasteiger partial charge in [-0.1, -0.05) is 17.7 Å². The lowest BCUT2D eigenvalue weighted by atomic mass is 10.6. The Labute approximate surface area is 59.6 Å². The molecule has 2 heteroatoms. The highest BCUT2D eigenvalue weighted by atomic mass is 35.5. The van der Waals surface area contributed by atoms with Crippen molar-refractivity contribution in [1.82, 2.24) is 4.57 Å². The van der Waals surface area contributed by atoms with E-state index in [0.29, 0.717) is 0 Å². The van der Waals surface area contributed by atoms with Crippen molar-refractivity contribution in [2.24, 2.45) is 0 Å². The van der Waals surface area contributed by atoms with E-state index in [9.17, 15) is 0 Å². The monoisotopic (exact) mass is 141 g/mol. The highest BCUT2D eigenvalue weighted by Gasteiger charge is 1.79. The summed E-state index contributed by atoms with van der Waals surface area (Å²) in [4.78, 5) is 0. The fraction of sp³-hybridized carbons (Fsp3) is 0.143. The highest BCUT2D eigenvalue weighted by molar-refractivity contribution is 6.25. The van der Waals surface area contributed by atoms with Crippen molar-refractivity contribution in [3.8, 4) is 0 Å². The Morgan fingerprint density at radius 1 is 1.33 bits per heavy atom. The van der Waals surface area contributed by atoms with Crippen LogP contribution < -0.4 is 0 Å². The lowest BCUT2D eigenvalue weighted by Crippen LogP contribution is -1.87. The molecule has 1 nitrogen and oxygen atoms in total. The number of hydrogen-bond donors (Lipinski definition) is 0. The van der Waals surface area contributed by atoms with Crippen LogP contribution in [0.5, 0.6) is 0 Å². The molecule has 0 saturated heterocycles. The molecule has 0 radical (unpaired) electrons. The van der Waals surface area contributed by atoms with Gasteiger partial charge in [0.25, 0.3) is 0 Å². The van der Waals surface area contributed by atoms with Crippen LogP contribution >= 0.6 is 11.6 Å². The zero-order chi connectivity index (χ0) is 6.53. The first-order valence-electron chi connectivity index (χ1n) is 2.79. The minimum absolute atomic E-state index is 0.858. The Kier molecular flexibility index (Phi) is 2.40. The van der Waals surface area contributed by atoms with Crippen LogP contribution in [0.15, 0.2) is 36.1 Å². The van der Waals surface area contributed by atoms with Crippen molar-refractivity contribution < 1.29 is 0 Å². The van der Waals surface area contributed by atoms with Crippen molar-refractivity contribution in [3.63, 3.8) is 0 Å². The number of halogens is 1. The molecule has 0 saturated carbocycles. The van der Waals surface area contributed by atoms with Gasteiger partial charge in [-0.15, -0.1) is 0 Å². The molecule has 0 bridgehead atoms. The van der Waals surface area contributed by atoms with Crippen molar-refractivity contribution in [1.29, 1.82) is 0 Å². The number of rotatable bonds is 2. The second kappa shape index (κ2) is 3.36. The Hall–Kier alpha value is -0.690. The van der Waals surface area contributed by atoms with Gasteiger partial charge in [-0.05, 0) is 12.1 Å². The molecule has 0 amide bonds. The summed E-state index contributed by atoms with van der Waals surface area (Å²) in [5.74, 6) is 0. The van der Waals surface area contributed by atoms with Crippen LogP contribution in [0, 0.1) is 0 Å². The van der Waals surface area contributed by atoms with Crippen LogP contribution in [-0.4, -0.2) is 4.57 Å². The highest BCUT2D eigenvalue weighted by Crippen LogP contribution is 1.90. The van der Waals surface area contributed by atoms with Crippen molar-refractivity contribution in [2.75, 3.05) is 0 Å². The smallest absolute Gasteiger partial charge is 0.0411 e. The average molecular weight is 142 g/mol. The Balaban J connectivity index is 2.48. The maximum Gasteiger partial charge on any atom is 0.0411 e. The van der Waals surface area contributed by atoms with Crippen molar-refractivity contribution >= 4 is 11.6 Å². The van der Waals surface area contributed by atoms with E-state index in [1.165, 1.54) is 5.54 Å². The van der Waals surface area contributed by atoms with Crippen LogP contribution in [0.2, 0.25) is 0 Å². The minimum atomic E-state index is 0.858. The summed E-state index contributed by atoms with van der Waals surface area (Å²) in [5, 5.41) is 0. The summed E-state index contributed by atoms with van der Waals surface area (Å²) < 4.78 is 2.04. The van der Waals surface area contributed by atoms with Crippen molar-refractivity contribution in [3.05, 3.63) is 36.1 Å². The molecule has 0 fully saturated rings. The summed E-state index contributed by atoms with van der Waals surface area (Å²) in [5.41, 5.74) is 1.53. The van der Waals surface area contributed by atoms with E-state index in [4.69, 9.17) is 11.6 Å². The number of hydrogen-bond acceptors (Lipinski definition) is 0. The van der Waals surface area contributed by atoms with E-state index in [0.717, 1.165) is 6.54 Å². The maximum atomic E-state index is 5.32. The molecule has 9 heavy (non-hydrogen) atoms. The van der Waals surface area contributed by atoms with E-state index in [1.807, 2.05) is 35.2 Å². The summed E-state index contributed by atoms with van der Waals surface area (Å²) >= 11 is 5.32. The standard InChI is InChI=1S/C7H8ClN/c8-4-3-7-9-5-1-2-6-9/h1-6H,7H2. The Morgan fingerprint density at radius 2 is 2.00 bits per heavy atom. The average Bonchev–Trinajstić information content (AvgIpc) is 2.34. The summed E-state index contributed by atoms with van der Waals surface area (Å²) in [6.07, 6.45) is 5.88. The second-order valence-electron chi connectivity index (χ2n) is 1.74. The zero-order valence-corrected chi connectivity index (χ0v) is 5.75. The van der Waals surface area contributed by atoms with Gasteiger partial charge < -0.3 is 4.57 Å². The van der Waals surface area contributed by atoms with E-state index in [1.54, 1.807) is 0 Å². The molecule has 0 atom stereocenters. The third-order valence-corrected chi connectivity index (χ3v) is 1.25. The predicted molar refractivity (Wildman–Crippen MR) is 39.4 cm³/mol. The third-order valence-electron chi connectivity index (χ3n) is 1.07. The largest absolute Gasteiger partial charge is 0.350 e. The molecular weight excluding hydrogens is 134 g/mol. The van der Waals surface area contributed by atoms with Gasteiger partial charge in [-0.25, -0.2) is 0 Å². The van der Waals surface area contributed by atoms with Gasteiger partial charge in [0, 0.05) is 24.5 Å². The first kappa shape index (κ1) is 6.43. The topological polar surface area (TPSA) is 4.93 Å². The van der Waals surface area contributed by atoms with Gasteiger partial charge in [-0.2, -0.15) is 0 Å². The summed E-state index contributed by atoms with van der Waals surface area (Å²) in [6, 6.07) is 3.98. The van der Waals surface area contributed by atoms with Crippen LogP contribution in [0.25, 0.3) is 0 Å². The molecule has 0 aliphatic heterocycles. The van der Waals surface area contributed by atoms with E-state index in [-0.39, 0.29) is 0 Å². The van der Waals surface area contributed by atoms with Gasteiger partial charge in [0.15, 0.2) is 0 Å². The van der Waals surface area contributed by atoms with Gasteiger partial charge in [0.1, 0.15) is 0 Å². The molecule has 1 rings (SSSR count). The molecule has 0 N–H and O–H groups in total. The lowest BCUT2D eigenvalue weighted by Gasteiger charge is -1.92. The zero-order valence-electron chi connectivity index (χ0n) is 5.00. The SMILES string of the molecule is ClC=CCn1cccc1. The molecule has 0 aliphatic carbocycles. The fourth-order valence-corrected chi connectivity index (χ4v) is 0.733. The Morgan fingerprint density at radius 3 is 2.56 bits per heavy atom. The number of nitrogens with zero attached hydrogens (tertiary/aromatic N) is 1. The first-order valence-corrected chi connectivity index (χ1v) is 3.23. The van der Waals surface area contributed by atoms with Crippen LogP contribution in [0.1, 0.15) is 0 Å². The predicted octanol–water partition coefficient (Wildman–Crippen LogP) is 2.24. The summed E-state index contributed by atoms with van der Waals surface area (Å²) in [7, 11) is 0. The molecule has 1 heterocycles. The number of aromatic nitrogens is 1. The van der Waals surface area contributed by atoms with E-state index >= 15 is 0 Å². The second-order valence-corrected chi connectivity index (χ2v) is 1.99. The molecule has 48 valence electrons. The molecule has 0 aliphatic rings. The van der Waals surface area contributed by atoms with Gasteiger partial charge in [0.05, 0.1) is 0 Å². The molecule has 0 spiro atoms. The lowest BCUT2D eigenvalue weighted by molar-refractivity contribution is 0.831. The molecular formula is C7H8ClN. The van der Waals surface area contributed by atoms with Crippen LogP contribution in [0.3, 0.4) is 0 Å². The van der Waals surface area contributed by atoms with E-state index in [2.05, 4.69) is 0 Å². The molecule has 1 aromatic heterocycles. The normalized spacial score (nSPS) is 10.8. The van der Waals surface area contributed by atoms with Crippen molar-refractivity contribution in [2.45, 2.75) is 6.54 Å². The molecule has 1 aromatic rings. The summed E-state index contributed by atoms with van der Waals surface area (Å²) in [6.45, 7) is 0.858. The minimum Gasteiger partial charge on any atom is -0.350 e. The fourth-order valence-electron chi connectivity index (χ4n) is 0.653.